The number of hydrogen-bond donors (Lipinski definition) is 1. The SMILES string of the molecule is C=CCCCn1ccc2ccc(CNC)cc21. The average Bonchev–Trinajstić information content (AvgIpc) is 2.73. The highest BCUT2D eigenvalue weighted by atomic mass is 14.9. The fourth-order valence-electron chi connectivity index (χ4n) is 2.14. The van der Waals surface area contributed by atoms with E-state index in [1.165, 1.54) is 16.5 Å². The van der Waals surface area contributed by atoms with Gasteiger partial charge in [0.2, 0.25) is 0 Å². The Morgan fingerprint density at radius 2 is 2.24 bits per heavy atom. The second-order valence-electron chi connectivity index (χ2n) is 4.36. The van der Waals surface area contributed by atoms with Crippen LogP contribution >= 0.6 is 0 Å². The molecule has 0 saturated heterocycles. The summed E-state index contributed by atoms with van der Waals surface area (Å²) in [5.74, 6) is 0. The summed E-state index contributed by atoms with van der Waals surface area (Å²) in [4.78, 5) is 0. The lowest BCUT2D eigenvalue weighted by Crippen LogP contribution is -2.05. The van der Waals surface area contributed by atoms with Crippen molar-refractivity contribution in [1.29, 1.82) is 0 Å². The highest BCUT2D eigenvalue weighted by Gasteiger charge is 2.01. The van der Waals surface area contributed by atoms with Gasteiger partial charge >= 0.3 is 0 Å². The van der Waals surface area contributed by atoms with Gasteiger partial charge in [-0.3, -0.25) is 0 Å². The maximum Gasteiger partial charge on any atom is 0.0483 e. The van der Waals surface area contributed by atoms with Crippen LogP contribution in [0.1, 0.15) is 18.4 Å². The topological polar surface area (TPSA) is 17.0 Å². The highest BCUT2D eigenvalue weighted by molar-refractivity contribution is 5.80. The monoisotopic (exact) mass is 228 g/mol. The first kappa shape index (κ1) is 11.9. The van der Waals surface area contributed by atoms with Crippen molar-refractivity contribution in [2.24, 2.45) is 0 Å². The Morgan fingerprint density at radius 1 is 1.35 bits per heavy atom. The first-order chi connectivity index (χ1) is 8.35. The summed E-state index contributed by atoms with van der Waals surface area (Å²) >= 11 is 0. The first-order valence-electron chi connectivity index (χ1n) is 6.18. The van der Waals surface area contributed by atoms with E-state index in [9.17, 15) is 0 Å². The van der Waals surface area contributed by atoms with E-state index < -0.39 is 0 Å². The molecule has 0 saturated carbocycles. The van der Waals surface area contributed by atoms with Crippen LogP contribution in [0.25, 0.3) is 10.9 Å². The second-order valence-corrected chi connectivity index (χ2v) is 4.36. The average molecular weight is 228 g/mol. The van der Waals surface area contributed by atoms with Crippen molar-refractivity contribution in [3.05, 3.63) is 48.7 Å². The van der Waals surface area contributed by atoms with Gasteiger partial charge in [-0.25, -0.2) is 0 Å². The number of nitrogens with zero attached hydrogens (tertiary/aromatic N) is 1. The molecule has 0 aliphatic carbocycles. The van der Waals surface area contributed by atoms with Crippen molar-refractivity contribution < 1.29 is 0 Å². The van der Waals surface area contributed by atoms with Gasteiger partial charge in [-0.15, -0.1) is 6.58 Å². The predicted molar refractivity (Wildman–Crippen MR) is 74.1 cm³/mol. The number of aromatic nitrogens is 1. The molecule has 0 spiro atoms. The molecule has 1 aromatic carbocycles. The molecule has 0 amide bonds. The molecule has 1 heterocycles. The Kier molecular flexibility index (Phi) is 3.99. The Hall–Kier alpha value is -1.54. The zero-order chi connectivity index (χ0) is 12.1. The van der Waals surface area contributed by atoms with Crippen LogP contribution in [0.2, 0.25) is 0 Å². The summed E-state index contributed by atoms with van der Waals surface area (Å²) in [6.07, 6.45) is 6.40. The van der Waals surface area contributed by atoms with E-state index in [1.807, 2.05) is 13.1 Å². The van der Waals surface area contributed by atoms with Gasteiger partial charge in [-0.2, -0.15) is 0 Å². The molecule has 0 aliphatic rings. The van der Waals surface area contributed by atoms with Crippen molar-refractivity contribution in [3.63, 3.8) is 0 Å². The van der Waals surface area contributed by atoms with Gasteiger partial charge in [0.05, 0.1) is 0 Å². The molecule has 17 heavy (non-hydrogen) atoms. The van der Waals surface area contributed by atoms with Crippen LogP contribution < -0.4 is 5.32 Å². The van der Waals surface area contributed by atoms with Crippen LogP contribution in [0.4, 0.5) is 0 Å². The third-order valence-corrected chi connectivity index (χ3v) is 3.03. The first-order valence-corrected chi connectivity index (χ1v) is 6.18. The van der Waals surface area contributed by atoms with Crippen molar-refractivity contribution in [3.8, 4) is 0 Å². The molecule has 1 aromatic heterocycles. The normalized spacial score (nSPS) is 10.9. The molecule has 0 fully saturated rings. The van der Waals surface area contributed by atoms with Gasteiger partial charge in [0, 0.05) is 24.8 Å². The number of unbranched alkanes of at least 4 members (excludes halogenated alkanes) is 1. The van der Waals surface area contributed by atoms with Crippen LogP contribution in [-0.2, 0) is 13.1 Å². The van der Waals surface area contributed by atoms with Gasteiger partial charge in [-0.05, 0) is 43.0 Å². The number of rotatable bonds is 6. The summed E-state index contributed by atoms with van der Waals surface area (Å²) in [6, 6.07) is 8.85. The summed E-state index contributed by atoms with van der Waals surface area (Å²) in [5.41, 5.74) is 2.67. The molecule has 1 N–H and O–H groups in total. The summed E-state index contributed by atoms with van der Waals surface area (Å²) in [5, 5.41) is 4.51. The maximum absolute atomic E-state index is 3.76. The summed E-state index contributed by atoms with van der Waals surface area (Å²) in [6.45, 7) is 5.76. The van der Waals surface area contributed by atoms with Gasteiger partial charge in [0.25, 0.3) is 0 Å². The largest absolute Gasteiger partial charge is 0.347 e. The molecular formula is C15H20N2. The van der Waals surface area contributed by atoms with Crippen LogP contribution in [0.3, 0.4) is 0 Å². The Morgan fingerprint density at radius 3 is 3.00 bits per heavy atom. The molecule has 0 atom stereocenters. The number of nitrogens with one attached hydrogen (secondary N) is 1. The van der Waals surface area contributed by atoms with Crippen LogP contribution in [0.5, 0.6) is 0 Å². The third-order valence-electron chi connectivity index (χ3n) is 3.03. The van der Waals surface area contributed by atoms with Gasteiger partial charge < -0.3 is 9.88 Å². The fraction of sp³-hybridized carbons (Fsp3) is 0.333. The summed E-state index contributed by atoms with van der Waals surface area (Å²) < 4.78 is 2.33. The third kappa shape index (κ3) is 2.77. The van der Waals surface area contributed by atoms with Crippen molar-refractivity contribution in [2.75, 3.05) is 7.05 Å². The van der Waals surface area contributed by atoms with Crippen molar-refractivity contribution in [2.45, 2.75) is 25.9 Å². The number of aryl methyl sites for hydroxylation is 1. The van der Waals surface area contributed by atoms with E-state index in [4.69, 9.17) is 0 Å². The number of benzene rings is 1. The summed E-state index contributed by atoms with van der Waals surface area (Å²) in [7, 11) is 1.98. The molecular weight excluding hydrogens is 208 g/mol. The van der Waals surface area contributed by atoms with Crippen molar-refractivity contribution >= 4 is 10.9 Å². The van der Waals surface area contributed by atoms with Crippen molar-refractivity contribution in [1.82, 2.24) is 9.88 Å². The standard InChI is InChI=1S/C15H20N2/c1-3-4-5-9-17-10-8-14-7-6-13(12-16-2)11-15(14)17/h3,6-8,10-11,16H,1,4-5,9,12H2,2H3. The quantitative estimate of drug-likeness (QED) is 0.593. The van der Waals surface area contributed by atoms with Crippen LogP contribution in [0, 0.1) is 0 Å². The minimum absolute atomic E-state index is 0.924. The number of hydrogen-bond acceptors (Lipinski definition) is 1. The highest BCUT2D eigenvalue weighted by Crippen LogP contribution is 2.18. The predicted octanol–water partition coefficient (Wildman–Crippen LogP) is 3.33. The fourth-order valence-corrected chi connectivity index (χ4v) is 2.14. The molecule has 2 aromatic rings. The maximum atomic E-state index is 3.76. The molecule has 90 valence electrons. The molecule has 0 bridgehead atoms. The lowest BCUT2D eigenvalue weighted by Gasteiger charge is -2.06. The second kappa shape index (κ2) is 5.69. The van der Waals surface area contributed by atoms with Crippen LogP contribution in [0.15, 0.2) is 43.1 Å². The molecule has 2 heteroatoms. The Balaban J connectivity index is 2.23. The number of allylic oxidation sites excluding steroid dienone is 1. The molecule has 2 rings (SSSR count). The van der Waals surface area contributed by atoms with Crippen LogP contribution in [-0.4, -0.2) is 11.6 Å². The smallest absolute Gasteiger partial charge is 0.0483 e. The van der Waals surface area contributed by atoms with E-state index in [0.717, 1.165) is 25.9 Å². The van der Waals surface area contributed by atoms with Gasteiger partial charge in [0.1, 0.15) is 0 Å². The Bertz CT molecular complexity index is 497. The van der Waals surface area contributed by atoms with E-state index >= 15 is 0 Å². The molecule has 0 aliphatic heterocycles. The Labute approximate surface area is 103 Å². The minimum Gasteiger partial charge on any atom is -0.347 e. The van der Waals surface area contributed by atoms with E-state index in [-0.39, 0.29) is 0 Å². The molecule has 2 nitrogen and oxygen atoms in total. The molecule has 0 radical (unpaired) electrons. The zero-order valence-corrected chi connectivity index (χ0v) is 10.4. The lowest BCUT2D eigenvalue weighted by atomic mass is 10.1. The lowest BCUT2D eigenvalue weighted by molar-refractivity contribution is 0.670. The van der Waals surface area contributed by atoms with E-state index in [2.05, 4.69) is 46.9 Å². The van der Waals surface area contributed by atoms with Gasteiger partial charge in [0.15, 0.2) is 0 Å². The van der Waals surface area contributed by atoms with E-state index in [1.54, 1.807) is 0 Å². The number of fused-ring (bicyclic) bond motifs is 1. The van der Waals surface area contributed by atoms with E-state index in [0.29, 0.717) is 0 Å². The zero-order valence-electron chi connectivity index (χ0n) is 10.4. The minimum atomic E-state index is 0.924. The van der Waals surface area contributed by atoms with Gasteiger partial charge in [-0.1, -0.05) is 18.2 Å². The molecule has 0 unspecified atom stereocenters.